The quantitative estimate of drug-likeness (QED) is 0.486. The van der Waals surface area contributed by atoms with Crippen molar-refractivity contribution in [3.05, 3.63) is 40.4 Å². The van der Waals surface area contributed by atoms with Crippen LogP contribution in [0.1, 0.15) is 24.0 Å². The zero-order valence-electron chi connectivity index (χ0n) is 12.2. The van der Waals surface area contributed by atoms with Crippen molar-refractivity contribution in [2.75, 3.05) is 13.7 Å². The van der Waals surface area contributed by atoms with Crippen molar-refractivity contribution >= 4 is 29.6 Å². The molecule has 8 heteroatoms. The molecule has 0 aliphatic rings. The number of carbonyl (C=O) groups is 2. The first-order valence-corrected chi connectivity index (χ1v) is 7.01. The summed E-state index contributed by atoms with van der Waals surface area (Å²) in [6, 6.07) is 2.86. The van der Waals surface area contributed by atoms with E-state index in [1.54, 1.807) is 0 Å². The normalized spacial score (nSPS) is 11.5. The minimum Gasteiger partial charge on any atom is -0.469 e. The average Bonchev–Trinajstić information content (AvgIpc) is 2.49. The first-order chi connectivity index (χ1) is 10.7. The number of methoxy groups -OCH3 is 1. The lowest BCUT2D eigenvalue weighted by Gasteiger charge is -2.08. The first-order valence-electron chi connectivity index (χ1n) is 6.63. The predicted molar refractivity (Wildman–Crippen MR) is 79.7 cm³/mol. The largest absolute Gasteiger partial charge is 0.469 e. The molecule has 23 heavy (non-hydrogen) atoms. The fraction of sp³-hybridized carbons (Fsp3) is 0.333. The van der Waals surface area contributed by atoms with Gasteiger partial charge in [-0.25, -0.2) is 0 Å². The third kappa shape index (κ3) is 6.73. The molecule has 0 saturated heterocycles. The van der Waals surface area contributed by atoms with Crippen molar-refractivity contribution in [3.63, 3.8) is 0 Å². The SMILES string of the molecule is COC(=O)CCCNC(=O)C=Cc1cc(C(F)(F)F)ccc1Cl. The van der Waals surface area contributed by atoms with E-state index in [0.717, 1.165) is 24.3 Å². The van der Waals surface area contributed by atoms with E-state index >= 15 is 0 Å². The highest BCUT2D eigenvalue weighted by molar-refractivity contribution is 6.32. The van der Waals surface area contributed by atoms with Crippen LogP contribution >= 0.6 is 11.6 Å². The molecule has 0 spiro atoms. The number of benzene rings is 1. The van der Waals surface area contributed by atoms with E-state index < -0.39 is 17.6 Å². The van der Waals surface area contributed by atoms with Crippen LogP contribution in [0.3, 0.4) is 0 Å². The fourth-order valence-corrected chi connectivity index (χ4v) is 1.80. The molecule has 0 saturated carbocycles. The molecule has 0 aliphatic carbocycles. The number of nitrogens with one attached hydrogen (secondary N) is 1. The smallest absolute Gasteiger partial charge is 0.416 e. The van der Waals surface area contributed by atoms with Crippen LogP contribution in [0.15, 0.2) is 24.3 Å². The van der Waals surface area contributed by atoms with Gasteiger partial charge in [-0.2, -0.15) is 13.2 Å². The van der Waals surface area contributed by atoms with E-state index in [-0.39, 0.29) is 29.5 Å². The number of alkyl halides is 3. The van der Waals surface area contributed by atoms with Gasteiger partial charge in [0.15, 0.2) is 0 Å². The molecule has 0 unspecified atom stereocenters. The van der Waals surface area contributed by atoms with Crippen LogP contribution < -0.4 is 5.32 Å². The van der Waals surface area contributed by atoms with Gasteiger partial charge >= 0.3 is 12.1 Å². The van der Waals surface area contributed by atoms with E-state index in [1.807, 2.05) is 0 Å². The van der Waals surface area contributed by atoms with Crippen LogP contribution in [0.2, 0.25) is 5.02 Å². The molecule has 1 amide bonds. The Morgan fingerprint density at radius 3 is 2.65 bits per heavy atom. The Bertz CT molecular complexity index is 600. The molecule has 0 fully saturated rings. The maximum absolute atomic E-state index is 12.6. The summed E-state index contributed by atoms with van der Waals surface area (Å²) in [5, 5.41) is 2.60. The van der Waals surface area contributed by atoms with Crippen molar-refractivity contribution in [1.82, 2.24) is 5.32 Å². The standard InChI is InChI=1S/C15H15ClF3NO3/c1-23-14(22)3-2-8-20-13(21)7-4-10-9-11(15(17,18)19)5-6-12(10)16/h4-7,9H,2-3,8H2,1H3,(H,20,21). The molecule has 1 aromatic rings. The Kier molecular flexibility index (Phi) is 7.09. The highest BCUT2D eigenvalue weighted by Gasteiger charge is 2.30. The number of hydrogen-bond donors (Lipinski definition) is 1. The van der Waals surface area contributed by atoms with Gasteiger partial charge in [-0.3, -0.25) is 9.59 Å². The zero-order chi connectivity index (χ0) is 17.5. The third-order valence-corrected chi connectivity index (χ3v) is 3.17. The Morgan fingerprint density at radius 1 is 1.35 bits per heavy atom. The second kappa shape index (κ2) is 8.57. The molecule has 1 aromatic carbocycles. The summed E-state index contributed by atoms with van der Waals surface area (Å²) in [5.41, 5.74) is -0.758. The maximum Gasteiger partial charge on any atom is 0.416 e. The first kappa shape index (κ1) is 19.0. The van der Waals surface area contributed by atoms with Gasteiger partial charge in [0.05, 0.1) is 12.7 Å². The molecule has 4 nitrogen and oxygen atoms in total. The molecule has 0 atom stereocenters. The average molecular weight is 350 g/mol. The van der Waals surface area contributed by atoms with E-state index in [9.17, 15) is 22.8 Å². The van der Waals surface area contributed by atoms with Gasteiger partial charge in [-0.1, -0.05) is 11.6 Å². The van der Waals surface area contributed by atoms with Gasteiger partial charge in [0, 0.05) is 24.1 Å². The van der Waals surface area contributed by atoms with Crippen LogP contribution in [0.25, 0.3) is 6.08 Å². The van der Waals surface area contributed by atoms with Gasteiger partial charge in [-0.15, -0.1) is 0 Å². The molecule has 0 radical (unpaired) electrons. The molecule has 0 aromatic heterocycles. The van der Waals surface area contributed by atoms with Gasteiger partial charge in [0.1, 0.15) is 0 Å². The van der Waals surface area contributed by atoms with Crippen LogP contribution in [0, 0.1) is 0 Å². The summed E-state index contributed by atoms with van der Waals surface area (Å²) < 4.78 is 42.3. The van der Waals surface area contributed by atoms with E-state index in [1.165, 1.54) is 13.2 Å². The zero-order valence-corrected chi connectivity index (χ0v) is 13.0. The molecule has 0 aliphatic heterocycles. The molecule has 0 bridgehead atoms. The summed E-state index contributed by atoms with van der Waals surface area (Å²) in [5.74, 6) is -0.881. The van der Waals surface area contributed by atoms with Crippen LogP contribution in [0.5, 0.6) is 0 Å². The van der Waals surface area contributed by atoms with Gasteiger partial charge < -0.3 is 10.1 Å². The Balaban J connectivity index is 2.59. The Morgan fingerprint density at radius 2 is 2.04 bits per heavy atom. The number of carbonyl (C=O) groups excluding carboxylic acids is 2. The topological polar surface area (TPSA) is 55.4 Å². The number of rotatable bonds is 6. The number of ether oxygens (including phenoxy) is 1. The second-order valence-electron chi connectivity index (χ2n) is 4.54. The van der Waals surface area contributed by atoms with Gasteiger partial charge in [-0.05, 0) is 36.3 Å². The monoisotopic (exact) mass is 349 g/mol. The second-order valence-corrected chi connectivity index (χ2v) is 4.95. The summed E-state index contributed by atoms with van der Waals surface area (Å²) in [4.78, 5) is 22.4. The van der Waals surface area contributed by atoms with Gasteiger partial charge in [0.25, 0.3) is 0 Å². The van der Waals surface area contributed by atoms with Crippen molar-refractivity contribution in [1.29, 1.82) is 0 Å². The summed E-state index contributed by atoms with van der Waals surface area (Å²) >= 11 is 5.81. The molecular weight excluding hydrogens is 335 g/mol. The van der Waals surface area contributed by atoms with Crippen LogP contribution in [-0.2, 0) is 20.5 Å². The third-order valence-electron chi connectivity index (χ3n) is 2.82. The lowest BCUT2D eigenvalue weighted by Crippen LogP contribution is -2.22. The van der Waals surface area contributed by atoms with E-state index in [2.05, 4.69) is 10.1 Å². The van der Waals surface area contributed by atoms with Crippen molar-refractivity contribution in [2.45, 2.75) is 19.0 Å². The molecule has 1 rings (SSSR count). The van der Waals surface area contributed by atoms with Crippen LogP contribution in [0.4, 0.5) is 13.2 Å². The fourth-order valence-electron chi connectivity index (χ4n) is 1.62. The van der Waals surface area contributed by atoms with Crippen molar-refractivity contribution < 1.29 is 27.5 Å². The Labute approximate surface area is 136 Å². The Hall–Kier alpha value is -2.02. The maximum atomic E-state index is 12.6. The number of hydrogen-bond acceptors (Lipinski definition) is 3. The van der Waals surface area contributed by atoms with E-state index in [0.29, 0.717) is 6.42 Å². The highest BCUT2D eigenvalue weighted by atomic mass is 35.5. The molecule has 1 N–H and O–H groups in total. The minimum atomic E-state index is -4.48. The van der Waals surface area contributed by atoms with E-state index in [4.69, 9.17) is 11.6 Å². The number of esters is 1. The summed E-state index contributed by atoms with van der Waals surface area (Å²) in [6.07, 6.45) is -1.63. The van der Waals surface area contributed by atoms with Crippen LogP contribution in [-0.4, -0.2) is 25.5 Å². The van der Waals surface area contributed by atoms with Crippen molar-refractivity contribution in [2.24, 2.45) is 0 Å². The number of halogens is 4. The molecule has 126 valence electrons. The minimum absolute atomic E-state index is 0.0891. The van der Waals surface area contributed by atoms with Gasteiger partial charge in [0.2, 0.25) is 5.91 Å². The lowest BCUT2D eigenvalue weighted by atomic mass is 10.1. The summed E-state index contributed by atoms with van der Waals surface area (Å²) in [7, 11) is 1.27. The lowest BCUT2D eigenvalue weighted by molar-refractivity contribution is -0.141. The van der Waals surface area contributed by atoms with Crippen molar-refractivity contribution in [3.8, 4) is 0 Å². The predicted octanol–water partition coefficient (Wildman–Crippen LogP) is 3.44. The molecule has 0 heterocycles. The number of amides is 1. The summed E-state index contributed by atoms with van der Waals surface area (Å²) in [6.45, 7) is 0.245. The highest BCUT2D eigenvalue weighted by Crippen LogP contribution is 2.32. The molecular formula is C15H15ClF3NO3.